The highest BCUT2D eigenvalue weighted by molar-refractivity contribution is 8.00. The van der Waals surface area contributed by atoms with Crippen molar-refractivity contribution in [1.82, 2.24) is 20.8 Å². The van der Waals surface area contributed by atoms with Crippen molar-refractivity contribution < 1.29 is 28.6 Å². The molecule has 0 aliphatic carbocycles. The van der Waals surface area contributed by atoms with E-state index >= 15 is 0 Å². The van der Waals surface area contributed by atoms with Crippen LogP contribution in [0.4, 0.5) is 4.79 Å². The predicted octanol–water partition coefficient (Wildman–Crippen LogP) is 5.10. The highest BCUT2D eigenvalue weighted by Gasteiger charge is 2.42. The minimum Gasteiger partial charge on any atom is -0.507 e. The Morgan fingerprint density at radius 3 is 2.68 bits per heavy atom. The van der Waals surface area contributed by atoms with Crippen LogP contribution < -0.4 is 10.6 Å². The van der Waals surface area contributed by atoms with E-state index in [0.29, 0.717) is 78.8 Å². The molecule has 4 N–H and O–H groups in total. The monoisotopic (exact) mass is 580 g/mol. The van der Waals surface area contributed by atoms with Gasteiger partial charge in [-0.1, -0.05) is 12.5 Å². The lowest BCUT2D eigenvalue weighted by Gasteiger charge is -2.16. The number of benzene rings is 1. The fourth-order valence-electron chi connectivity index (χ4n) is 5.33. The molecule has 2 amide bonds. The van der Waals surface area contributed by atoms with E-state index in [0.717, 1.165) is 25.0 Å². The number of unbranched alkanes of at least 4 members (excludes halogenated alkanes) is 1. The zero-order valence-electron chi connectivity index (χ0n) is 22.9. The number of nitrogens with one attached hydrogen (secondary N) is 3. The second-order valence-corrected chi connectivity index (χ2v) is 11.8. The predicted molar refractivity (Wildman–Crippen MR) is 156 cm³/mol. The number of aromatic nitrogens is 2. The SMILES string of the molecule is O=C(CCCCC1SC[C@@H]2NC(=O)N[C@H]12)CCCOCCCC(=O)c1ccc(-c2cc(-c3ccco3)[nH]n2)c(O)c1. The lowest BCUT2D eigenvalue weighted by molar-refractivity contribution is -0.119. The first-order chi connectivity index (χ1) is 20.0. The van der Waals surface area contributed by atoms with Crippen LogP contribution in [0.5, 0.6) is 5.75 Å². The number of ether oxygens (including phenoxy) is 1. The van der Waals surface area contributed by atoms with Crippen LogP contribution in [0.3, 0.4) is 0 Å². The van der Waals surface area contributed by atoms with Crippen molar-refractivity contribution in [2.75, 3.05) is 19.0 Å². The Balaban J connectivity index is 0.917. The normalized spacial score (nSPS) is 19.6. The van der Waals surface area contributed by atoms with Crippen molar-refractivity contribution in [2.45, 2.75) is 68.7 Å². The van der Waals surface area contributed by atoms with Crippen molar-refractivity contribution in [3.63, 3.8) is 0 Å². The zero-order valence-corrected chi connectivity index (χ0v) is 23.7. The lowest BCUT2D eigenvalue weighted by atomic mass is 10.0. The molecule has 3 atom stereocenters. The number of Topliss-reactive ketones (excluding diaryl/α,β-unsaturated/α-hetero) is 2. The van der Waals surface area contributed by atoms with E-state index in [9.17, 15) is 19.5 Å². The molecule has 41 heavy (non-hydrogen) atoms. The summed E-state index contributed by atoms with van der Waals surface area (Å²) in [6.07, 6.45) is 7.10. The van der Waals surface area contributed by atoms with Gasteiger partial charge in [0.2, 0.25) is 0 Å². The van der Waals surface area contributed by atoms with Crippen LogP contribution in [0.15, 0.2) is 47.1 Å². The molecule has 218 valence electrons. The molecule has 0 bridgehead atoms. The highest BCUT2D eigenvalue weighted by atomic mass is 32.2. The van der Waals surface area contributed by atoms with Gasteiger partial charge in [0.05, 0.1) is 24.0 Å². The first-order valence-electron chi connectivity index (χ1n) is 14.2. The summed E-state index contributed by atoms with van der Waals surface area (Å²) in [7, 11) is 0. The molecule has 2 aliphatic rings. The summed E-state index contributed by atoms with van der Waals surface area (Å²) in [5.74, 6) is 1.78. The summed E-state index contributed by atoms with van der Waals surface area (Å²) in [6.45, 7) is 0.937. The molecule has 3 aromatic rings. The largest absolute Gasteiger partial charge is 0.507 e. The smallest absolute Gasteiger partial charge is 0.315 e. The van der Waals surface area contributed by atoms with Gasteiger partial charge >= 0.3 is 6.03 Å². The number of carbonyl (C=O) groups excluding carboxylic acids is 3. The molecule has 2 fully saturated rings. The molecule has 0 spiro atoms. The first kappa shape index (κ1) is 28.9. The summed E-state index contributed by atoms with van der Waals surface area (Å²) in [5.41, 5.74) is 2.21. The Morgan fingerprint density at radius 1 is 1.05 bits per heavy atom. The van der Waals surface area contributed by atoms with Crippen molar-refractivity contribution in [1.29, 1.82) is 0 Å². The number of nitrogens with zero attached hydrogens (tertiary/aromatic N) is 1. The summed E-state index contributed by atoms with van der Waals surface area (Å²) in [6, 6.07) is 10.6. The highest BCUT2D eigenvalue weighted by Crippen LogP contribution is 2.33. The number of rotatable bonds is 16. The molecule has 2 saturated heterocycles. The van der Waals surface area contributed by atoms with Crippen molar-refractivity contribution >= 4 is 29.4 Å². The number of amides is 2. The molecule has 4 heterocycles. The van der Waals surface area contributed by atoms with Crippen LogP contribution in [0.1, 0.15) is 61.7 Å². The quantitative estimate of drug-likeness (QED) is 0.104. The van der Waals surface area contributed by atoms with Gasteiger partial charge in [0.15, 0.2) is 11.5 Å². The third kappa shape index (κ3) is 7.59. The number of aromatic amines is 1. The Kier molecular flexibility index (Phi) is 9.79. The van der Waals surface area contributed by atoms with E-state index in [1.807, 2.05) is 17.8 Å². The van der Waals surface area contributed by atoms with E-state index in [2.05, 4.69) is 20.8 Å². The fraction of sp³-hybridized carbons (Fsp3) is 0.467. The second kappa shape index (κ2) is 13.9. The maximum atomic E-state index is 12.6. The average molecular weight is 581 g/mol. The van der Waals surface area contributed by atoms with E-state index in [-0.39, 0.29) is 35.4 Å². The number of phenolic OH excluding ortho intramolecular Hbond substituents is 1. The standard InChI is InChI=1S/C30H36N4O6S/c35-20(6-1-2-10-28-29-24(18-41-28)31-30(38)32-29)7-3-13-39-14-4-8-25(36)19-11-12-21(26(37)16-19)22-17-23(34-33-22)27-9-5-15-40-27/h5,9,11-12,15-17,24,28-29,37H,1-4,6-8,10,13-14,18H2,(H,33,34)(H2,31,32,38)/t24-,28?,29-/m0/s1. The molecular weight excluding hydrogens is 544 g/mol. The maximum Gasteiger partial charge on any atom is 0.315 e. The molecular formula is C30H36N4O6S. The number of hydrogen-bond donors (Lipinski definition) is 4. The Morgan fingerprint density at radius 2 is 1.88 bits per heavy atom. The van der Waals surface area contributed by atoms with Gasteiger partial charge in [-0.05, 0) is 56.0 Å². The van der Waals surface area contributed by atoms with Crippen LogP contribution in [0, 0.1) is 0 Å². The number of ketones is 2. The molecule has 2 aromatic heterocycles. The third-order valence-electron chi connectivity index (χ3n) is 7.53. The number of fused-ring (bicyclic) bond motifs is 1. The lowest BCUT2D eigenvalue weighted by Crippen LogP contribution is -2.36. The van der Waals surface area contributed by atoms with Crippen LogP contribution in [0.2, 0.25) is 0 Å². The van der Waals surface area contributed by atoms with Gasteiger partial charge in [0.1, 0.15) is 17.2 Å². The van der Waals surface area contributed by atoms with Gasteiger partial charge in [0, 0.05) is 54.6 Å². The molecule has 11 heteroatoms. The summed E-state index contributed by atoms with van der Waals surface area (Å²) in [5, 5.41) is 24.0. The third-order valence-corrected chi connectivity index (χ3v) is 9.04. The number of furan rings is 1. The van der Waals surface area contributed by atoms with E-state index < -0.39 is 0 Å². The zero-order chi connectivity index (χ0) is 28.6. The van der Waals surface area contributed by atoms with Crippen molar-refractivity contribution in [3.8, 4) is 28.5 Å². The molecule has 5 rings (SSSR count). The maximum absolute atomic E-state index is 12.6. The molecule has 2 aliphatic heterocycles. The van der Waals surface area contributed by atoms with Crippen LogP contribution in [-0.2, 0) is 9.53 Å². The molecule has 1 unspecified atom stereocenters. The summed E-state index contributed by atoms with van der Waals surface area (Å²) in [4.78, 5) is 36.3. The van der Waals surface area contributed by atoms with Gasteiger partial charge in [-0.15, -0.1) is 0 Å². The van der Waals surface area contributed by atoms with Gasteiger partial charge in [-0.25, -0.2) is 4.79 Å². The minimum absolute atomic E-state index is 0.0139. The second-order valence-electron chi connectivity index (χ2n) is 10.5. The number of urea groups is 1. The summed E-state index contributed by atoms with van der Waals surface area (Å²) >= 11 is 1.90. The molecule has 0 radical (unpaired) electrons. The summed E-state index contributed by atoms with van der Waals surface area (Å²) < 4.78 is 11.0. The van der Waals surface area contributed by atoms with E-state index in [4.69, 9.17) is 9.15 Å². The Hall–Kier alpha value is -3.57. The topological polar surface area (TPSA) is 147 Å². The number of hydrogen-bond acceptors (Lipinski definition) is 8. The van der Waals surface area contributed by atoms with E-state index in [1.54, 1.807) is 30.5 Å². The number of thioether (sulfide) groups is 1. The Bertz CT molecular complexity index is 1340. The average Bonchev–Trinajstić information content (AvgIpc) is 3.76. The molecule has 10 nitrogen and oxygen atoms in total. The van der Waals surface area contributed by atoms with Gasteiger partial charge in [0.25, 0.3) is 0 Å². The van der Waals surface area contributed by atoms with Crippen LogP contribution in [-0.4, -0.2) is 69.2 Å². The number of carbonyl (C=O) groups is 3. The first-order valence-corrected chi connectivity index (χ1v) is 15.3. The van der Waals surface area contributed by atoms with Gasteiger partial charge in [-0.3, -0.25) is 14.7 Å². The number of H-pyrrole nitrogens is 1. The minimum atomic E-state index is -0.0676. The number of phenols is 1. The number of aromatic hydroxyl groups is 1. The van der Waals surface area contributed by atoms with Crippen LogP contribution in [0.25, 0.3) is 22.7 Å². The Labute approximate surface area is 243 Å². The van der Waals surface area contributed by atoms with Crippen molar-refractivity contribution in [3.05, 3.63) is 48.2 Å². The van der Waals surface area contributed by atoms with Crippen molar-refractivity contribution in [2.24, 2.45) is 0 Å². The fourth-order valence-corrected chi connectivity index (χ4v) is 6.87. The van der Waals surface area contributed by atoms with E-state index in [1.165, 1.54) is 6.07 Å². The molecule has 0 saturated carbocycles. The van der Waals surface area contributed by atoms with Gasteiger partial charge in [-0.2, -0.15) is 16.9 Å². The molecule has 1 aromatic carbocycles. The van der Waals surface area contributed by atoms with Crippen LogP contribution >= 0.6 is 11.8 Å². The van der Waals surface area contributed by atoms with Gasteiger partial charge < -0.3 is 24.9 Å².